The first-order valence-electron chi connectivity index (χ1n) is 8.94. The Morgan fingerprint density at radius 2 is 2.00 bits per heavy atom. The first kappa shape index (κ1) is 21.6. The molecule has 0 radical (unpaired) electrons. The summed E-state index contributed by atoms with van der Waals surface area (Å²) in [6.07, 6.45) is 8.36. The lowest BCUT2D eigenvalue weighted by Crippen LogP contribution is -2.39. The molecule has 1 aliphatic heterocycles. The first-order chi connectivity index (χ1) is 11.3. The van der Waals surface area contributed by atoms with Crippen molar-refractivity contribution in [1.29, 1.82) is 0 Å². The Hall–Kier alpha value is -0.410. The topological polar surface area (TPSA) is 52.6 Å². The Kier molecular flexibility index (Phi) is 11.6. The fourth-order valence-electron chi connectivity index (χ4n) is 2.81. The third kappa shape index (κ3) is 8.62. The van der Waals surface area contributed by atoms with E-state index >= 15 is 0 Å². The van der Waals surface area contributed by atoms with Gasteiger partial charge in [-0.25, -0.2) is 4.98 Å². The van der Waals surface area contributed by atoms with E-state index in [0.29, 0.717) is 0 Å². The summed E-state index contributed by atoms with van der Waals surface area (Å²) in [5.74, 6) is 0.926. The number of aromatic nitrogens is 1. The van der Waals surface area contributed by atoms with E-state index in [9.17, 15) is 0 Å². The maximum Gasteiger partial charge on any atom is 0.191 e. The van der Waals surface area contributed by atoms with Gasteiger partial charge >= 0.3 is 0 Å². The van der Waals surface area contributed by atoms with Crippen LogP contribution in [0, 0.1) is 6.92 Å². The van der Waals surface area contributed by atoms with Gasteiger partial charge in [0.15, 0.2) is 5.96 Å². The molecule has 0 unspecified atom stereocenters. The van der Waals surface area contributed by atoms with Crippen LogP contribution in [0.1, 0.15) is 42.5 Å². The lowest BCUT2D eigenvalue weighted by Gasteiger charge is -2.18. The molecule has 5 nitrogen and oxygen atoms in total. The van der Waals surface area contributed by atoms with Gasteiger partial charge in [0.2, 0.25) is 0 Å². The van der Waals surface area contributed by atoms with Crippen LogP contribution in [0.2, 0.25) is 0 Å². The minimum atomic E-state index is 0. The van der Waals surface area contributed by atoms with Crippen LogP contribution in [-0.2, 0) is 6.42 Å². The molecule has 0 spiro atoms. The van der Waals surface area contributed by atoms with E-state index in [-0.39, 0.29) is 24.0 Å². The van der Waals surface area contributed by atoms with Crippen LogP contribution in [-0.4, -0.2) is 55.1 Å². The molecular formula is C17H32IN5S. The second kappa shape index (κ2) is 12.9. The van der Waals surface area contributed by atoms with Crippen molar-refractivity contribution in [2.24, 2.45) is 4.99 Å². The van der Waals surface area contributed by atoms with Crippen LogP contribution >= 0.6 is 35.3 Å². The summed E-state index contributed by atoms with van der Waals surface area (Å²) in [4.78, 5) is 12.9. The number of nitrogens with one attached hydrogen (secondary N) is 2. The Labute approximate surface area is 167 Å². The van der Waals surface area contributed by atoms with Gasteiger partial charge in [-0.15, -0.1) is 35.3 Å². The van der Waals surface area contributed by atoms with Gasteiger partial charge in [0.1, 0.15) is 0 Å². The van der Waals surface area contributed by atoms with Gasteiger partial charge in [-0.05, 0) is 39.8 Å². The van der Waals surface area contributed by atoms with Gasteiger partial charge in [0, 0.05) is 37.1 Å². The maximum atomic E-state index is 4.71. The van der Waals surface area contributed by atoms with Crippen LogP contribution in [0.25, 0.3) is 0 Å². The van der Waals surface area contributed by atoms with E-state index < -0.39 is 0 Å². The largest absolute Gasteiger partial charge is 0.357 e. The highest BCUT2D eigenvalue weighted by Crippen LogP contribution is 2.11. The molecule has 1 fully saturated rings. The Morgan fingerprint density at radius 1 is 1.25 bits per heavy atom. The quantitative estimate of drug-likeness (QED) is 0.369. The van der Waals surface area contributed by atoms with Crippen molar-refractivity contribution in [1.82, 2.24) is 20.5 Å². The summed E-state index contributed by atoms with van der Waals surface area (Å²) in [6.45, 7) is 10.4. The standard InChI is InChI=1S/C17H31N5S.HI/c1-3-18-17(19-9-8-16-21-14-15(2)23-16)20-10-13-22-11-6-4-5-7-12-22;/h14H,3-13H2,1-2H3,(H2,18,19,20);1H. The molecule has 2 rings (SSSR count). The Balaban J connectivity index is 0.00000288. The van der Waals surface area contributed by atoms with Crippen molar-refractivity contribution in [3.05, 3.63) is 16.1 Å². The zero-order chi connectivity index (χ0) is 16.3. The van der Waals surface area contributed by atoms with Crippen molar-refractivity contribution >= 4 is 41.3 Å². The number of likely N-dealkylation sites (tertiary alicyclic amines) is 1. The minimum absolute atomic E-state index is 0. The number of hydrogen-bond donors (Lipinski definition) is 2. The average Bonchev–Trinajstić information content (AvgIpc) is 2.79. The van der Waals surface area contributed by atoms with Gasteiger partial charge in [-0.3, -0.25) is 4.99 Å². The Morgan fingerprint density at radius 3 is 2.62 bits per heavy atom. The van der Waals surface area contributed by atoms with Crippen molar-refractivity contribution in [2.45, 2.75) is 46.0 Å². The molecule has 2 heterocycles. The monoisotopic (exact) mass is 465 g/mol. The van der Waals surface area contributed by atoms with Gasteiger partial charge in [-0.2, -0.15) is 0 Å². The lowest BCUT2D eigenvalue weighted by atomic mass is 10.2. The zero-order valence-electron chi connectivity index (χ0n) is 15.0. The van der Waals surface area contributed by atoms with Crippen molar-refractivity contribution in [3.63, 3.8) is 0 Å². The SMILES string of the molecule is CCNC(=NCCN1CCCCCC1)NCCc1ncc(C)s1.I. The number of aliphatic imine (C=N–C) groups is 1. The van der Waals surface area contributed by atoms with E-state index in [1.807, 2.05) is 6.20 Å². The maximum absolute atomic E-state index is 4.71. The highest BCUT2D eigenvalue weighted by molar-refractivity contribution is 14.0. The summed E-state index contributed by atoms with van der Waals surface area (Å²) in [6, 6.07) is 0. The molecule has 1 aromatic heterocycles. The summed E-state index contributed by atoms with van der Waals surface area (Å²) >= 11 is 1.77. The van der Waals surface area contributed by atoms with Crippen molar-refractivity contribution in [3.8, 4) is 0 Å². The van der Waals surface area contributed by atoms with Crippen LogP contribution in [0.5, 0.6) is 0 Å². The van der Waals surface area contributed by atoms with Gasteiger partial charge in [-0.1, -0.05) is 12.8 Å². The lowest BCUT2D eigenvalue weighted by molar-refractivity contribution is 0.293. The third-order valence-electron chi connectivity index (χ3n) is 4.03. The second-order valence-corrected chi connectivity index (χ2v) is 7.38. The number of nitrogens with zero attached hydrogens (tertiary/aromatic N) is 3. The molecular weight excluding hydrogens is 433 g/mol. The highest BCUT2D eigenvalue weighted by atomic mass is 127. The fraction of sp³-hybridized carbons (Fsp3) is 0.765. The number of hydrogen-bond acceptors (Lipinski definition) is 4. The number of rotatable bonds is 7. The predicted octanol–water partition coefficient (Wildman–Crippen LogP) is 3.04. The molecule has 24 heavy (non-hydrogen) atoms. The molecule has 0 atom stereocenters. The van der Waals surface area contributed by atoms with Crippen LogP contribution in [0.15, 0.2) is 11.2 Å². The molecule has 0 aromatic carbocycles. The summed E-state index contributed by atoms with van der Waals surface area (Å²) < 4.78 is 0. The Bertz CT molecular complexity index is 469. The van der Waals surface area contributed by atoms with Crippen LogP contribution < -0.4 is 10.6 Å². The highest BCUT2D eigenvalue weighted by Gasteiger charge is 2.08. The van der Waals surface area contributed by atoms with Crippen molar-refractivity contribution < 1.29 is 0 Å². The summed E-state index contributed by atoms with van der Waals surface area (Å²) in [5, 5.41) is 7.93. The number of halogens is 1. The van der Waals surface area contributed by atoms with Crippen LogP contribution in [0.4, 0.5) is 0 Å². The number of guanidine groups is 1. The molecule has 2 N–H and O–H groups in total. The number of aryl methyl sites for hydroxylation is 1. The molecule has 0 amide bonds. The minimum Gasteiger partial charge on any atom is -0.357 e. The molecule has 0 aliphatic carbocycles. The van der Waals surface area contributed by atoms with E-state index in [4.69, 9.17) is 4.99 Å². The number of thiazole rings is 1. The molecule has 1 aromatic rings. The van der Waals surface area contributed by atoms with Gasteiger partial charge < -0.3 is 15.5 Å². The molecule has 0 bridgehead atoms. The fourth-order valence-corrected chi connectivity index (χ4v) is 3.60. The van der Waals surface area contributed by atoms with E-state index in [0.717, 1.165) is 38.6 Å². The van der Waals surface area contributed by atoms with Gasteiger partial charge in [0.25, 0.3) is 0 Å². The second-order valence-electron chi connectivity index (χ2n) is 6.06. The molecule has 1 aliphatic rings. The van der Waals surface area contributed by atoms with E-state index in [2.05, 4.69) is 34.4 Å². The van der Waals surface area contributed by atoms with Crippen LogP contribution in [0.3, 0.4) is 0 Å². The van der Waals surface area contributed by atoms with E-state index in [1.54, 1.807) is 11.3 Å². The van der Waals surface area contributed by atoms with E-state index in [1.165, 1.54) is 48.7 Å². The van der Waals surface area contributed by atoms with Crippen molar-refractivity contribution in [2.75, 3.05) is 39.3 Å². The third-order valence-corrected chi connectivity index (χ3v) is 5.00. The van der Waals surface area contributed by atoms with Gasteiger partial charge in [0.05, 0.1) is 11.6 Å². The molecule has 138 valence electrons. The first-order valence-corrected chi connectivity index (χ1v) is 9.75. The molecule has 0 saturated carbocycles. The normalized spacial score (nSPS) is 16.3. The predicted molar refractivity (Wildman–Crippen MR) is 115 cm³/mol. The molecule has 7 heteroatoms. The summed E-state index contributed by atoms with van der Waals surface area (Å²) in [5.41, 5.74) is 0. The molecule has 1 saturated heterocycles. The smallest absolute Gasteiger partial charge is 0.191 e. The average molecular weight is 465 g/mol. The summed E-state index contributed by atoms with van der Waals surface area (Å²) in [7, 11) is 0. The zero-order valence-corrected chi connectivity index (χ0v) is 18.2.